The third-order valence-electron chi connectivity index (χ3n) is 16.2. The van der Waals surface area contributed by atoms with Crippen molar-refractivity contribution in [3.63, 3.8) is 0 Å². The van der Waals surface area contributed by atoms with Crippen molar-refractivity contribution in [2.75, 3.05) is 26.4 Å². The Morgan fingerprint density at radius 2 is 0.870 bits per heavy atom. The molecule has 69 heavy (non-hydrogen) atoms. The number of aryl methyl sites for hydroxylation is 3. The van der Waals surface area contributed by atoms with Gasteiger partial charge in [0.25, 0.3) is 0 Å². The molecular weight excluding hydrogens is 980 g/mol. The maximum atomic E-state index is 14.5. The molecule has 0 saturated heterocycles. The van der Waals surface area contributed by atoms with E-state index < -0.39 is 30.5 Å². The van der Waals surface area contributed by atoms with Gasteiger partial charge >= 0.3 is 0 Å². The Hall–Kier alpha value is -0.985. The second-order valence-electron chi connectivity index (χ2n) is 24.0. The van der Waals surface area contributed by atoms with Crippen LogP contribution >= 0.6 is 0 Å². The molecule has 11 heteroatoms. The molecule has 1 heterocycles. The molecule has 1 N–H and O–H groups in total. The van der Waals surface area contributed by atoms with Crippen molar-refractivity contribution in [3.05, 3.63) is 58.5 Å². The first kappa shape index (κ1) is 64.1. The van der Waals surface area contributed by atoms with Crippen molar-refractivity contribution in [2.45, 2.75) is 259 Å². The second-order valence-corrected chi connectivity index (χ2v) is 40.3. The van der Waals surface area contributed by atoms with Crippen LogP contribution in [-0.2, 0) is 50.8 Å². The van der Waals surface area contributed by atoms with Gasteiger partial charge in [0.15, 0.2) is 25.0 Å². The van der Waals surface area contributed by atoms with Crippen LogP contribution in [-0.4, -0.2) is 62.8 Å². The number of ether oxygens (including phenoxy) is 2. The van der Waals surface area contributed by atoms with E-state index in [0.29, 0.717) is 82.7 Å². The van der Waals surface area contributed by atoms with Crippen LogP contribution < -0.4 is 14.8 Å². The topological polar surface area (TPSA) is 75.3 Å². The molecule has 1 amide bonds. The van der Waals surface area contributed by atoms with Gasteiger partial charge in [0.05, 0.1) is 37.9 Å². The number of amides is 1. The fourth-order valence-corrected chi connectivity index (χ4v) is 29.7. The Balaban J connectivity index is 0.0000163. The van der Waals surface area contributed by atoms with Gasteiger partial charge in [-0.15, -0.1) is 17.5 Å². The molecule has 0 bridgehead atoms. The van der Waals surface area contributed by atoms with Gasteiger partial charge in [-0.1, -0.05) is 212 Å². The Labute approximate surface area is 453 Å². The van der Waals surface area contributed by atoms with Crippen LogP contribution in [0.4, 0.5) is 0 Å². The van der Waals surface area contributed by atoms with E-state index in [1.54, 1.807) is 0 Å². The number of hydrogen-bond acceptors (Lipinski definition) is 6. The summed E-state index contributed by atoms with van der Waals surface area (Å²) in [6.07, 6.45) is 11.6. The smallest absolute Gasteiger partial charge is 0.220 e. The SMILES string of the molecule is Cc1cc(C)c2c(c1)Oc1cc(OCCCCCCCCCCC(=O)NC(CO[Si](C(C)C)(C(C)C)C(C)C)(CO[Si](C(C)C)(C(C)C)C(C)C)CO[Si](C(C)C)(C(C)C)C(C)C)cc(C)c1[CH-]2.[Y]. The van der Waals surface area contributed by atoms with Crippen molar-refractivity contribution in [2.24, 2.45) is 0 Å². The number of benzene rings is 2. The van der Waals surface area contributed by atoms with Gasteiger partial charge in [0.2, 0.25) is 5.91 Å². The minimum atomic E-state index is -2.31. The molecule has 0 spiro atoms. The molecule has 393 valence electrons. The molecule has 7 nitrogen and oxygen atoms in total. The van der Waals surface area contributed by atoms with Gasteiger partial charge in [-0.05, 0) is 75.7 Å². The molecule has 1 aliphatic rings. The molecule has 2 aromatic carbocycles. The zero-order valence-electron chi connectivity index (χ0n) is 48.3. The fraction of sp³-hybridized carbons (Fsp3) is 0.759. The zero-order valence-corrected chi connectivity index (χ0v) is 54.1. The molecule has 3 rings (SSSR count). The summed E-state index contributed by atoms with van der Waals surface area (Å²) < 4.78 is 35.2. The van der Waals surface area contributed by atoms with Crippen LogP contribution in [0, 0.1) is 27.2 Å². The average molecular weight is 1080 g/mol. The maximum Gasteiger partial charge on any atom is 0.220 e. The minimum Gasteiger partial charge on any atom is -0.526 e. The standard InChI is InChI=1S/C58H104NO6Si3.Y/c1-40(2)66(41(3)4,42(5)6)62-37-58(38-63-67(43(7)8,44(9)10)45(11)12,39-64-68(46(13)14,47(15)16)48(17)18)59-57(60)30-28-26-24-22-23-25-27-29-31-61-52-34-51(21)54-36-53-50(20)32-49(19)33-55(53)65-56(54)35-52;/h32-36,40-48H,22-31,37-39H2,1-21H3,(H,59,60);/q-1;. The van der Waals surface area contributed by atoms with Crippen molar-refractivity contribution in [3.8, 4) is 17.2 Å². The first-order valence-corrected chi connectivity index (χ1v) is 33.8. The van der Waals surface area contributed by atoms with E-state index in [-0.39, 0.29) is 38.6 Å². The summed E-state index contributed by atoms with van der Waals surface area (Å²) in [6, 6.07) is 8.51. The Morgan fingerprint density at radius 1 is 0.522 bits per heavy atom. The summed E-state index contributed by atoms with van der Waals surface area (Å²) in [7, 11) is -6.94. The van der Waals surface area contributed by atoms with E-state index in [2.05, 4.69) is 175 Å². The molecule has 2 aromatic rings. The van der Waals surface area contributed by atoms with E-state index in [1.807, 2.05) is 6.07 Å². The average Bonchev–Trinajstić information content (AvgIpc) is 3.21. The molecule has 1 radical (unpaired) electrons. The maximum absolute atomic E-state index is 14.5. The molecular formula is C58H104NO6Si3Y-. The third-order valence-corrected chi connectivity index (χ3v) is 34.4. The van der Waals surface area contributed by atoms with Gasteiger partial charge in [0, 0.05) is 39.1 Å². The van der Waals surface area contributed by atoms with E-state index >= 15 is 0 Å². The van der Waals surface area contributed by atoms with Crippen LogP contribution in [0.5, 0.6) is 17.2 Å². The number of carbonyl (C=O) groups excluding carboxylic acids is 1. The Morgan fingerprint density at radius 3 is 1.26 bits per heavy atom. The zero-order chi connectivity index (χ0) is 51.4. The fourth-order valence-electron chi connectivity index (χ4n) is 13.1. The summed E-state index contributed by atoms with van der Waals surface area (Å²) in [5, 5.41) is 3.70. The molecule has 0 saturated carbocycles. The number of unbranched alkanes of at least 4 members (excludes halogenated alkanes) is 7. The first-order valence-electron chi connectivity index (χ1n) is 27.4. The van der Waals surface area contributed by atoms with Crippen molar-refractivity contribution >= 4 is 30.9 Å². The summed E-state index contributed by atoms with van der Waals surface area (Å²) in [6.45, 7) is 50.7. The predicted octanol–water partition coefficient (Wildman–Crippen LogP) is 17.6. The van der Waals surface area contributed by atoms with E-state index in [4.69, 9.17) is 22.8 Å². The summed E-state index contributed by atoms with van der Waals surface area (Å²) >= 11 is 0. The van der Waals surface area contributed by atoms with E-state index in [0.717, 1.165) is 54.9 Å². The van der Waals surface area contributed by atoms with Gasteiger partial charge in [-0.3, -0.25) is 4.79 Å². The van der Waals surface area contributed by atoms with Crippen LogP contribution in [0.25, 0.3) is 0 Å². The van der Waals surface area contributed by atoms with Gasteiger partial charge < -0.3 is 28.1 Å². The second kappa shape index (κ2) is 28.6. The number of hydrogen-bond donors (Lipinski definition) is 1. The number of carbonyl (C=O) groups is 1. The van der Waals surface area contributed by atoms with Crippen LogP contribution in [0.1, 0.15) is 210 Å². The largest absolute Gasteiger partial charge is 0.526 e. The monoisotopic (exact) mass is 1080 g/mol. The van der Waals surface area contributed by atoms with Crippen LogP contribution in [0.15, 0.2) is 24.3 Å². The minimum absolute atomic E-state index is 0. The number of fused-ring (bicyclic) bond motifs is 2. The molecule has 0 unspecified atom stereocenters. The molecule has 0 fully saturated rings. The van der Waals surface area contributed by atoms with Gasteiger partial charge in [0.1, 0.15) is 11.3 Å². The van der Waals surface area contributed by atoms with Crippen molar-refractivity contribution in [1.29, 1.82) is 0 Å². The molecule has 1 aliphatic heterocycles. The quantitative estimate of drug-likeness (QED) is 0.0393. The molecule has 0 aliphatic carbocycles. The number of rotatable bonds is 31. The van der Waals surface area contributed by atoms with Crippen molar-refractivity contribution < 1.29 is 60.3 Å². The van der Waals surface area contributed by atoms with E-state index in [1.165, 1.54) is 41.5 Å². The Bertz CT molecular complexity index is 1710. The summed E-state index contributed by atoms with van der Waals surface area (Å²) in [4.78, 5) is 14.5. The molecule has 0 atom stereocenters. The summed E-state index contributed by atoms with van der Waals surface area (Å²) in [5.41, 5.74) is 8.90. The van der Waals surface area contributed by atoms with Crippen LogP contribution in [0.2, 0.25) is 49.9 Å². The molecule has 0 aromatic heterocycles. The Kier molecular flexibility index (Phi) is 26.6. The van der Waals surface area contributed by atoms with Gasteiger partial charge in [-0.2, -0.15) is 0 Å². The normalized spacial score (nSPS) is 13.5. The van der Waals surface area contributed by atoms with Crippen molar-refractivity contribution in [1.82, 2.24) is 5.32 Å². The predicted molar refractivity (Wildman–Crippen MR) is 299 cm³/mol. The van der Waals surface area contributed by atoms with Crippen LogP contribution in [0.3, 0.4) is 0 Å². The first-order chi connectivity index (χ1) is 31.7. The number of nitrogens with one attached hydrogen (secondary N) is 1. The van der Waals surface area contributed by atoms with Gasteiger partial charge in [-0.25, -0.2) is 0 Å². The summed E-state index contributed by atoms with van der Waals surface area (Å²) in [5.74, 6) is 2.77. The van der Waals surface area contributed by atoms with E-state index in [9.17, 15) is 4.79 Å². The third kappa shape index (κ3) is 16.0.